The van der Waals surface area contributed by atoms with Gasteiger partial charge in [-0.2, -0.15) is 0 Å². The van der Waals surface area contributed by atoms with Gasteiger partial charge in [-0.1, -0.05) is 26.0 Å². The lowest BCUT2D eigenvalue weighted by Gasteiger charge is -2.16. The summed E-state index contributed by atoms with van der Waals surface area (Å²) >= 11 is 1.15. The molecule has 2 rings (SSSR count). The van der Waals surface area contributed by atoms with Gasteiger partial charge in [0.15, 0.2) is 0 Å². The molecule has 0 aliphatic carbocycles. The van der Waals surface area contributed by atoms with Gasteiger partial charge < -0.3 is 10.4 Å². The molecule has 1 amide bonds. The zero-order valence-electron chi connectivity index (χ0n) is 12.9. The number of non-ortho nitro benzene ring substituents is 1. The van der Waals surface area contributed by atoms with E-state index in [0.717, 1.165) is 11.3 Å². The molecule has 1 aromatic heterocycles. The van der Waals surface area contributed by atoms with Gasteiger partial charge in [-0.3, -0.25) is 14.9 Å². The van der Waals surface area contributed by atoms with Crippen molar-refractivity contribution >= 4 is 28.9 Å². The molecule has 2 N–H and O–H groups in total. The first-order valence-corrected chi connectivity index (χ1v) is 7.91. The van der Waals surface area contributed by atoms with Crippen LogP contribution >= 0.6 is 11.3 Å². The molecular formula is C15H15N3O5S. The summed E-state index contributed by atoms with van der Waals surface area (Å²) in [5.74, 6) is -1.99. The summed E-state index contributed by atoms with van der Waals surface area (Å²) in [4.78, 5) is 37.7. The van der Waals surface area contributed by atoms with Gasteiger partial charge >= 0.3 is 5.97 Å². The highest BCUT2D eigenvalue weighted by Crippen LogP contribution is 2.26. The van der Waals surface area contributed by atoms with Crippen LogP contribution in [0.4, 0.5) is 5.69 Å². The van der Waals surface area contributed by atoms with Gasteiger partial charge in [0, 0.05) is 23.1 Å². The lowest BCUT2D eigenvalue weighted by atomic mass is 10.0. The summed E-state index contributed by atoms with van der Waals surface area (Å²) in [5.41, 5.74) is 0.528. The number of benzene rings is 1. The maximum atomic E-state index is 12.1. The minimum absolute atomic E-state index is 0.0700. The van der Waals surface area contributed by atoms with E-state index < -0.39 is 22.8 Å². The maximum Gasteiger partial charge on any atom is 0.326 e. The Kier molecular flexibility index (Phi) is 5.24. The van der Waals surface area contributed by atoms with Crippen molar-refractivity contribution in [2.45, 2.75) is 19.9 Å². The first kappa shape index (κ1) is 17.5. The van der Waals surface area contributed by atoms with Gasteiger partial charge in [-0.15, -0.1) is 11.3 Å². The van der Waals surface area contributed by atoms with E-state index in [1.54, 1.807) is 19.9 Å². The number of amides is 1. The highest BCUT2D eigenvalue weighted by molar-refractivity contribution is 7.13. The molecule has 0 bridgehead atoms. The second-order valence-corrected chi connectivity index (χ2v) is 6.24. The predicted octanol–water partition coefficient (Wildman–Crippen LogP) is 2.56. The molecule has 1 heterocycles. The normalized spacial score (nSPS) is 12.0. The number of thiazole rings is 1. The molecule has 0 saturated heterocycles. The van der Waals surface area contributed by atoms with Crippen molar-refractivity contribution in [3.63, 3.8) is 0 Å². The number of hydrogen-bond acceptors (Lipinski definition) is 6. The molecule has 126 valence electrons. The van der Waals surface area contributed by atoms with E-state index in [1.165, 1.54) is 23.6 Å². The lowest BCUT2D eigenvalue weighted by molar-refractivity contribution is -0.384. The number of nitro benzene ring substituents is 1. The Bertz CT molecular complexity index is 787. The van der Waals surface area contributed by atoms with Crippen molar-refractivity contribution < 1.29 is 19.6 Å². The number of carbonyl (C=O) groups is 2. The Balaban J connectivity index is 2.21. The molecule has 1 aromatic carbocycles. The number of carbonyl (C=O) groups excluding carboxylic acids is 1. The first-order valence-electron chi connectivity index (χ1n) is 7.03. The van der Waals surface area contributed by atoms with Gasteiger partial charge in [-0.05, 0) is 5.92 Å². The van der Waals surface area contributed by atoms with E-state index in [-0.39, 0.29) is 17.3 Å². The van der Waals surface area contributed by atoms with E-state index in [1.807, 2.05) is 0 Å². The molecule has 9 heteroatoms. The third kappa shape index (κ3) is 3.93. The number of aromatic nitrogens is 1. The van der Waals surface area contributed by atoms with Crippen molar-refractivity contribution in [1.82, 2.24) is 10.3 Å². The summed E-state index contributed by atoms with van der Waals surface area (Å²) in [6.07, 6.45) is 0. The summed E-state index contributed by atoms with van der Waals surface area (Å²) in [6, 6.07) is 4.91. The van der Waals surface area contributed by atoms with E-state index >= 15 is 0 Å². The van der Waals surface area contributed by atoms with Crippen LogP contribution in [0.2, 0.25) is 0 Å². The molecule has 0 spiro atoms. The number of nitro groups is 1. The van der Waals surface area contributed by atoms with Crippen molar-refractivity contribution in [2.24, 2.45) is 5.92 Å². The maximum absolute atomic E-state index is 12.1. The van der Waals surface area contributed by atoms with Gasteiger partial charge in [0.05, 0.1) is 4.92 Å². The third-order valence-electron chi connectivity index (χ3n) is 3.26. The molecule has 0 aliphatic rings. The topological polar surface area (TPSA) is 122 Å². The lowest BCUT2D eigenvalue weighted by Crippen LogP contribution is -2.44. The molecule has 0 saturated carbocycles. The molecule has 24 heavy (non-hydrogen) atoms. The zero-order valence-corrected chi connectivity index (χ0v) is 13.7. The van der Waals surface area contributed by atoms with E-state index in [9.17, 15) is 19.7 Å². The average Bonchev–Trinajstić information content (AvgIpc) is 3.02. The summed E-state index contributed by atoms with van der Waals surface area (Å²) in [5, 5.41) is 24.3. The van der Waals surface area contributed by atoms with Crippen LogP contribution in [0.25, 0.3) is 10.6 Å². The molecule has 1 atom stereocenters. The Morgan fingerprint density at radius 1 is 1.38 bits per heavy atom. The highest BCUT2D eigenvalue weighted by atomic mass is 32.1. The second kappa shape index (κ2) is 7.18. The fraction of sp³-hybridized carbons (Fsp3) is 0.267. The summed E-state index contributed by atoms with van der Waals surface area (Å²) in [6.45, 7) is 3.38. The monoisotopic (exact) mass is 349 g/mol. The van der Waals surface area contributed by atoms with Crippen LogP contribution in [0.15, 0.2) is 29.6 Å². The Morgan fingerprint density at radius 3 is 2.67 bits per heavy atom. The fourth-order valence-corrected chi connectivity index (χ4v) is 2.79. The highest BCUT2D eigenvalue weighted by Gasteiger charge is 2.25. The number of hydrogen-bond donors (Lipinski definition) is 2. The molecule has 0 aliphatic heterocycles. The van der Waals surface area contributed by atoms with Crippen LogP contribution in [-0.4, -0.2) is 32.9 Å². The van der Waals surface area contributed by atoms with E-state index in [0.29, 0.717) is 10.6 Å². The van der Waals surface area contributed by atoms with Gasteiger partial charge in [0.1, 0.15) is 16.7 Å². The standard InChI is InChI=1S/C15H15N3O5S/c1-8(2)12(15(20)21)17-13(19)11-7-24-14(16-11)9-4-3-5-10(6-9)18(22)23/h3-8,12H,1-2H3,(H,17,19)(H,20,21)/t12-/m0/s1. The largest absolute Gasteiger partial charge is 0.480 e. The molecule has 2 aromatic rings. The van der Waals surface area contributed by atoms with Crippen molar-refractivity contribution in [3.05, 3.63) is 45.5 Å². The van der Waals surface area contributed by atoms with Crippen molar-refractivity contribution in [1.29, 1.82) is 0 Å². The van der Waals surface area contributed by atoms with E-state index in [4.69, 9.17) is 5.11 Å². The van der Waals surface area contributed by atoms with Crippen LogP contribution in [0.1, 0.15) is 24.3 Å². The van der Waals surface area contributed by atoms with Crippen molar-refractivity contribution in [2.75, 3.05) is 0 Å². The molecular weight excluding hydrogens is 334 g/mol. The van der Waals surface area contributed by atoms with Gasteiger partial charge in [-0.25, -0.2) is 9.78 Å². The Hall–Kier alpha value is -2.81. The second-order valence-electron chi connectivity index (χ2n) is 5.38. The van der Waals surface area contributed by atoms with Crippen LogP contribution in [-0.2, 0) is 4.79 Å². The average molecular weight is 349 g/mol. The van der Waals surface area contributed by atoms with Crippen LogP contribution < -0.4 is 5.32 Å². The molecule has 0 radical (unpaired) electrons. The summed E-state index contributed by atoms with van der Waals surface area (Å²) in [7, 11) is 0. The smallest absolute Gasteiger partial charge is 0.326 e. The van der Waals surface area contributed by atoms with Gasteiger partial charge in [0.2, 0.25) is 0 Å². The van der Waals surface area contributed by atoms with E-state index in [2.05, 4.69) is 10.3 Å². The van der Waals surface area contributed by atoms with Gasteiger partial charge in [0.25, 0.3) is 11.6 Å². The first-order chi connectivity index (χ1) is 11.3. The Labute approximate surface area is 141 Å². The van der Waals surface area contributed by atoms with Crippen LogP contribution in [0.3, 0.4) is 0 Å². The SMILES string of the molecule is CC(C)[C@H](NC(=O)c1csc(-c2cccc([N+](=O)[O-])c2)n1)C(=O)O. The van der Waals surface area contributed by atoms with Crippen molar-refractivity contribution in [3.8, 4) is 10.6 Å². The zero-order chi connectivity index (χ0) is 17.9. The minimum Gasteiger partial charge on any atom is -0.480 e. The molecule has 0 fully saturated rings. The molecule has 8 nitrogen and oxygen atoms in total. The number of nitrogens with one attached hydrogen (secondary N) is 1. The Morgan fingerprint density at radius 2 is 2.08 bits per heavy atom. The number of nitrogens with zero attached hydrogens (tertiary/aromatic N) is 2. The summed E-state index contributed by atoms with van der Waals surface area (Å²) < 4.78 is 0. The minimum atomic E-state index is -1.12. The third-order valence-corrected chi connectivity index (χ3v) is 4.15. The number of rotatable bonds is 6. The quantitative estimate of drug-likeness (QED) is 0.610. The predicted molar refractivity (Wildman–Crippen MR) is 87.9 cm³/mol. The van der Waals surface area contributed by atoms with Crippen LogP contribution in [0.5, 0.6) is 0 Å². The van der Waals surface area contributed by atoms with Crippen LogP contribution in [0, 0.1) is 16.0 Å². The number of aliphatic carboxylic acids is 1. The number of carboxylic acids is 1. The fourth-order valence-electron chi connectivity index (χ4n) is 1.99. The molecule has 0 unspecified atom stereocenters. The number of carboxylic acid groups (broad SMARTS) is 1.